The number of carbonyl (C=O) groups excluding carboxylic acids is 1. The number of rotatable bonds is 4. The number of hydrazone groups is 1. The molecule has 0 saturated heterocycles. The van der Waals surface area contributed by atoms with Crippen LogP contribution in [0.25, 0.3) is 0 Å². The molecule has 4 heteroatoms. The van der Waals surface area contributed by atoms with Crippen molar-refractivity contribution in [2.24, 2.45) is 10.8 Å². The van der Waals surface area contributed by atoms with E-state index in [2.05, 4.69) is 10.5 Å². The van der Waals surface area contributed by atoms with Gasteiger partial charge < -0.3 is 5.73 Å². The van der Waals surface area contributed by atoms with Gasteiger partial charge in [0.15, 0.2) is 0 Å². The molecular weight excluding hydrogens is 190 g/mol. The SMILES string of the molecule is C/C(CN)=N\NC(=O)Cc1ccccc1. The zero-order valence-corrected chi connectivity index (χ0v) is 8.73. The van der Waals surface area contributed by atoms with Crippen molar-refractivity contribution in [3.05, 3.63) is 35.9 Å². The van der Waals surface area contributed by atoms with Gasteiger partial charge in [0.2, 0.25) is 5.91 Å². The second kappa shape index (κ2) is 5.93. The average Bonchev–Trinajstić information content (AvgIpc) is 2.27. The van der Waals surface area contributed by atoms with Crippen LogP contribution in [0.4, 0.5) is 0 Å². The number of nitrogens with zero attached hydrogens (tertiary/aromatic N) is 1. The van der Waals surface area contributed by atoms with Crippen LogP contribution in [0.2, 0.25) is 0 Å². The molecule has 1 amide bonds. The molecule has 4 nitrogen and oxygen atoms in total. The maximum Gasteiger partial charge on any atom is 0.244 e. The van der Waals surface area contributed by atoms with Crippen molar-refractivity contribution in [3.8, 4) is 0 Å². The molecule has 0 fully saturated rings. The van der Waals surface area contributed by atoms with Crippen LogP contribution in [0.15, 0.2) is 35.4 Å². The normalized spacial score (nSPS) is 11.2. The standard InChI is InChI=1S/C11H15N3O/c1-9(8-12)13-14-11(15)7-10-5-3-2-4-6-10/h2-6H,7-8,12H2,1H3,(H,14,15)/b13-9+. The van der Waals surface area contributed by atoms with Crippen molar-refractivity contribution < 1.29 is 4.79 Å². The van der Waals surface area contributed by atoms with Gasteiger partial charge in [0.05, 0.1) is 6.42 Å². The molecule has 15 heavy (non-hydrogen) atoms. The van der Waals surface area contributed by atoms with E-state index in [4.69, 9.17) is 5.73 Å². The average molecular weight is 205 g/mol. The lowest BCUT2D eigenvalue weighted by Gasteiger charge is -2.01. The summed E-state index contributed by atoms with van der Waals surface area (Å²) < 4.78 is 0. The molecule has 3 N–H and O–H groups in total. The summed E-state index contributed by atoms with van der Waals surface area (Å²) in [6.45, 7) is 2.12. The van der Waals surface area contributed by atoms with Gasteiger partial charge in [0.1, 0.15) is 0 Å². The highest BCUT2D eigenvalue weighted by Gasteiger charge is 2.00. The third-order valence-electron chi connectivity index (χ3n) is 1.87. The van der Waals surface area contributed by atoms with E-state index in [1.807, 2.05) is 30.3 Å². The summed E-state index contributed by atoms with van der Waals surface area (Å²) in [4.78, 5) is 11.4. The molecule has 0 aliphatic carbocycles. The third-order valence-corrected chi connectivity index (χ3v) is 1.87. The number of amides is 1. The van der Waals surface area contributed by atoms with Crippen molar-refractivity contribution in [2.45, 2.75) is 13.3 Å². The minimum Gasteiger partial charge on any atom is -0.325 e. The van der Waals surface area contributed by atoms with Gasteiger partial charge in [-0.05, 0) is 12.5 Å². The van der Waals surface area contributed by atoms with E-state index in [-0.39, 0.29) is 5.91 Å². The summed E-state index contributed by atoms with van der Waals surface area (Å²) >= 11 is 0. The molecule has 0 bridgehead atoms. The number of nitrogens with one attached hydrogen (secondary N) is 1. The van der Waals surface area contributed by atoms with Gasteiger partial charge in [-0.1, -0.05) is 30.3 Å². The Balaban J connectivity index is 2.44. The lowest BCUT2D eigenvalue weighted by Crippen LogP contribution is -2.23. The van der Waals surface area contributed by atoms with Crippen LogP contribution in [0, 0.1) is 0 Å². The van der Waals surface area contributed by atoms with Crippen molar-refractivity contribution in [1.29, 1.82) is 0 Å². The molecule has 1 aromatic carbocycles. The fourth-order valence-electron chi connectivity index (χ4n) is 1.02. The van der Waals surface area contributed by atoms with Gasteiger partial charge in [-0.15, -0.1) is 0 Å². The predicted octanol–water partition coefficient (Wildman–Crippen LogP) is 0.680. The largest absolute Gasteiger partial charge is 0.325 e. The lowest BCUT2D eigenvalue weighted by atomic mass is 10.1. The summed E-state index contributed by atoms with van der Waals surface area (Å²) in [7, 11) is 0. The van der Waals surface area contributed by atoms with Gasteiger partial charge in [0, 0.05) is 12.3 Å². The van der Waals surface area contributed by atoms with Gasteiger partial charge >= 0.3 is 0 Å². The molecule has 0 unspecified atom stereocenters. The fraction of sp³-hybridized carbons (Fsp3) is 0.273. The Kier molecular flexibility index (Phi) is 4.50. The number of nitrogens with two attached hydrogens (primary N) is 1. The smallest absolute Gasteiger partial charge is 0.244 e. The maximum absolute atomic E-state index is 11.4. The Bertz CT molecular complexity index is 346. The van der Waals surface area contributed by atoms with Crippen LogP contribution in [0.3, 0.4) is 0 Å². The molecule has 0 aliphatic heterocycles. The Hall–Kier alpha value is -1.68. The molecule has 80 valence electrons. The molecule has 0 aromatic heterocycles. The summed E-state index contributed by atoms with van der Waals surface area (Å²) in [5, 5.41) is 3.83. The summed E-state index contributed by atoms with van der Waals surface area (Å²) in [6.07, 6.45) is 0.336. The first-order valence-corrected chi connectivity index (χ1v) is 4.78. The van der Waals surface area contributed by atoms with E-state index in [9.17, 15) is 4.79 Å². The quantitative estimate of drug-likeness (QED) is 0.560. The van der Waals surface area contributed by atoms with Crippen molar-refractivity contribution in [3.63, 3.8) is 0 Å². The highest BCUT2D eigenvalue weighted by Crippen LogP contribution is 1.98. The monoisotopic (exact) mass is 205 g/mol. The van der Waals surface area contributed by atoms with E-state index >= 15 is 0 Å². The number of benzene rings is 1. The zero-order chi connectivity index (χ0) is 11.1. The maximum atomic E-state index is 11.4. The Morgan fingerprint density at radius 3 is 2.67 bits per heavy atom. The van der Waals surface area contributed by atoms with Crippen LogP contribution in [0.5, 0.6) is 0 Å². The molecule has 0 aliphatic rings. The molecular formula is C11H15N3O. The number of hydrogen-bond acceptors (Lipinski definition) is 3. The minimum absolute atomic E-state index is 0.131. The molecule has 0 atom stereocenters. The van der Waals surface area contributed by atoms with Gasteiger partial charge in [-0.25, -0.2) is 5.43 Å². The van der Waals surface area contributed by atoms with Crippen molar-refractivity contribution in [2.75, 3.05) is 6.54 Å². The zero-order valence-electron chi connectivity index (χ0n) is 8.73. The second-order valence-electron chi connectivity index (χ2n) is 3.25. The third kappa shape index (κ3) is 4.37. The van der Waals surface area contributed by atoms with Gasteiger partial charge in [-0.3, -0.25) is 4.79 Å². The summed E-state index contributed by atoms with van der Waals surface area (Å²) in [5.41, 5.74) is 9.45. The summed E-state index contributed by atoms with van der Waals surface area (Å²) in [5.74, 6) is -0.131. The van der Waals surface area contributed by atoms with Gasteiger partial charge in [-0.2, -0.15) is 5.10 Å². The second-order valence-corrected chi connectivity index (χ2v) is 3.25. The Morgan fingerprint density at radius 2 is 2.07 bits per heavy atom. The van der Waals surface area contributed by atoms with Crippen LogP contribution in [0.1, 0.15) is 12.5 Å². The van der Waals surface area contributed by atoms with E-state index in [0.717, 1.165) is 5.56 Å². The van der Waals surface area contributed by atoms with Crippen molar-refractivity contribution in [1.82, 2.24) is 5.43 Å². The van der Waals surface area contributed by atoms with Crippen LogP contribution < -0.4 is 11.2 Å². The summed E-state index contributed by atoms with van der Waals surface area (Å²) in [6, 6.07) is 9.52. The lowest BCUT2D eigenvalue weighted by molar-refractivity contribution is -0.120. The minimum atomic E-state index is -0.131. The van der Waals surface area contributed by atoms with Crippen LogP contribution in [-0.2, 0) is 11.2 Å². The molecule has 0 saturated carbocycles. The van der Waals surface area contributed by atoms with E-state index < -0.39 is 0 Å². The molecule has 0 heterocycles. The Labute approximate surface area is 89.2 Å². The fourth-order valence-corrected chi connectivity index (χ4v) is 1.02. The highest BCUT2D eigenvalue weighted by molar-refractivity contribution is 5.86. The van der Waals surface area contributed by atoms with Gasteiger partial charge in [0.25, 0.3) is 0 Å². The van der Waals surface area contributed by atoms with E-state index in [0.29, 0.717) is 18.7 Å². The first-order valence-electron chi connectivity index (χ1n) is 4.78. The number of hydrogen-bond donors (Lipinski definition) is 2. The van der Waals surface area contributed by atoms with Crippen molar-refractivity contribution >= 4 is 11.6 Å². The first-order chi connectivity index (χ1) is 7.22. The molecule has 0 radical (unpaired) electrons. The molecule has 0 spiro atoms. The van der Waals surface area contributed by atoms with Crippen LogP contribution >= 0.6 is 0 Å². The van der Waals surface area contributed by atoms with Crippen LogP contribution in [-0.4, -0.2) is 18.2 Å². The predicted molar refractivity (Wildman–Crippen MR) is 60.5 cm³/mol. The van der Waals surface area contributed by atoms with E-state index in [1.165, 1.54) is 0 Å². The Morgan fingerprint density at radius 1 is 1.40 bits per heavy atom. The highest BCUT2D eigenvalue weighted by atomic mass is 16.2. The number of carbonyl (C=O) groups is 1. The molecule has 1 aromatic rings. The molecule has 1 rings (SSSR count). The first kappa shape index (κ1) is 11.4. The topological polar surface area (TPSA) is 67.5 Å². The van der Waals surface area contributed by atoms with E-state index in [1.54, 1.807) is 6.92 Å².